The van der Waals surface area contributed by atoms with E-state index >= 15 is 0 Å². The number of hydrogen-bond acceptors (Lipinski definition) is 8. The minimum Gasteiger partial charge on any atom is -0.461 e. The van der Waals surface area contributed by atoms with Gasteiger partial charge in [0.25, 0.3) is 11.5 Å². The summed E-state index contributed by atoms with van der Waals surface area (Å²) in [6.07, 6.45) is 3.02. The molecule has 0 aromatic carbocycles. The van der Waals surface area contributed by atoms with Crippen LogP contribution in [-0.2, 0) is 23.9 Å². The maximum absolute atomic E-state index is 12.6. The largest absolute Gasteiger partial charge is 0.461 e. The lowest BCUT2D eigenvalue weighted by atomic mass is 9.98. The number of hydrogen-bond donors (Lipinski definition) is 2. The number of carbonyl (C=O) groups is 3. The van der Waals surface area contributed by atoms with Crippen LogP contribution in [0.4, 0.5) is 0 Å². The number of amides is 2. The number of esters is 1. The van der Waals surface area contributed by atoms with Gasteiger partial charge in [0.05, 0.1) is 25.5 Å². The Morgan fingerprint density at radius 3 is 2.83 bits per heavy atom. The zero-order valence-electron chi connectivity index (χ0n) is 16.2. The summed E-state index contributed by atoms with van der Waals surface area (Å²) in [7, 11) is 0. The average molecular weight is 419 g/mol. The van der Waals surface area contributed by atoms with Crippen molar-refractivity contribution >= 4 is 17.8 Å². The topological polar surface area (TPSA) is 148 Å². The molecule has 3 rings (SSSR count). The van der Waals surface area contributed by atoms with Gasteiger partial charge in [-0.25, -0.2) is 4.79 Å². The quantitative estimate of drug-likeness (QED) is 0.322. The van der Waals surface area contributed by atoms with Gasteiger partial charge in [0.15, 0.2) is 11.8 Å². The van der Waals surface area contributed by atoms with E-state index in [0.717, 1.165) is 4.90 Å². The zero-order chi connectivity index (χ0) is 22.1. The van der Waals surface area contributed by atoms with Crippen LogP contribution in [0.5, 0.6) is 0 Å². The summed E-state index contributed by atoms with van der Waals surface area (Å²) in [5, 5.41) is 10.5. The van der Waals surface area contributed by atoms with Crippen molar-refractivity contribution in [2.45, 2.75) is 37.7 Å². The smallest absolute Gasteiger partial charge is 0.330 e. The normalized spacial score (nSPS) is 25.7. The van der Waals surface area contributed by atoms with E-state index in [2.05, 4.69) is 11.6 Å². The summed E-state index contributed by atoms with van der Waals surface area (Å²) in [6.45, 7) is 4.65. The van der Waals surface area contributed by atoms with Crippen molar-refractivity contribution in [2.75, 3.05) is 13.2 Å². The maximum atomic E-state index is 12.6. The molecule has 0 bridgehead atoms. The Bertz CT molecular complexity index is 1040. The number of aromatic nitrogens is 2. The molecule has 2 amide bonds. The Morgan fingerprint density at radius 1 is 1.40 bits per heavy atom. The minimum absolute atomic E-state index is 0.0769. The van der Waals surface area contributed by atoms with E-state index in [1.807, 2.05) is 0 Å². The second-order valence-corrected chi connectivity index (χ2v) is 7.09. The molecule has 1 unspecified atom stereocenters. The summed E-state index contributed by atoms with van der Waals surface area (Å²) >= 11 is 0. The van der Waals surface area contributed by atoms with Crippen LogP contribution in [0.25, 0.3) is 0 Å². The van der Waals surface area contributed by atoms with Gasteiger partial charge < -0.3 is 14.6 Å². The van der Waals surface area contributed by atoms with E-state index in [9.17, 15) is 29.1 Å². The van der Waals surface area contributed by atoms with E-state index < -0.39 is 59.8 Å². The van der Waals surface area contributed by atoms with E-state index in [1.165, 1.54) is 23.8 Å². The van der Waals surface area contributed by atoms with Crippen LogP contribution in [-0.4, -0.2) is 62.2 Å². The molecule has 2 aliphatic rings. The molecule has 0 radical (unpaired) electrons. The summed E-state index contributed by atoms with van der Waals surface area (Å²) in [5.41, 5.74) is -3.03. The summed E-state index contributed by atoms with van der Waals surface area (Å²) in [5.74, 6) is -2.40. The monoisotopic (exact) mass is 419 g/mol. The van der Waals surface area contributed by atoms with Crippen LogP contribution in [0, 0.1) is 6.92 Å². The van der Waals surface area contributed by atoms with Crippen LogP contribution in [0.3, 0.4) is 0 Å². The second kappa shape index (κ2) is 8.20. The number of nitrogens with one attached hydrogen (secondary N) is 1. The lowest BCUT2D eigenvalue weighted by Gasteiger charge is -2.23. The van der Waals surface area contributed by atoms with Gasteiger partial charge in [-0.15, -0.1) is 0 Å². The van der Waals surface area contributed by atoms with Crippen molar-refractivity contribution in [2.24, 2.45) is 0 Å². The predicted molar refractivity (Wildman–Crippen MR) is 101 cm³/mol. The predicted octanol–water partition coefficient (Wildman–Crippen LogP) is -1.09. The molecule has 2 aliphatic heterocycles. The Morgan fingerprint density at radius 2 is 2.13 bits per heavy atom. The molecule has 0 spiro atoms. The first-order valence-electron chi connectivity index (χ1n) is 9.14. The first kappa shape index (κ1) is 21.4. The number of aliphatic hydroxyl groups is 1. The number of rotatable bonds is 7. The van der Waals surface area contributed by atoms with Gasteiger partial charge in [0.1, 0.15) is 6.61 Å². The summed E-state index contributed by atoms with van der Waals surface area (Å²) in [4.78, 5) is 63.1. The van der Waals surface area contributed by atoms with Crippen LogP contribution in [0.15, 0.2) is 40.6 Å². The Hall–Kier alpha value is -3.31. The van der Waals surface area contributed by atoms with Crippen molar-refractivity contribution in [3.63, 3.8) is 0 Å². The molecule has 2 N–H and O–H groups in total. The van der Waals surface area contributed by atoms with E-state index in [4.69, 9.17) is 9.47 Å². The third-order valence-electron chi connectivity index (χ3n) is 4.77. The summed E-state index contributed by atoms with van der Waals surface area (Å²) in [6, 6.07) is 0. The highest BCUT2D eigenvalue weighted by Gasteiger charge is 2.52. The third kappa shape index (κ3) is 4.16. The van der Waals surface area contributed by atoms with E-state index in [0.29, 0.717) is 5.56 Å². The molecule has 30 heavy (non-hydrogen) atoms. The number of aromatic amines is 1. The van der Waals surface area contributed by atoms with Gasteiger partial charge in [-0.05, 0) is 13.0 Å². The van der Waals surface area contributed by atoms with Crippen molar-refractivity contribution in [3.8, 4) is 0 Å². The SMILES string of the molecule is C=CCOC(=O)CC1(O)CC(=O)N(C[C@@H]2C=C[C@H](n3cc(C)c(=O)[nH]c3=O)O2)C1=O. The van der Waals surface area contributed by atoms with Gasteiger partial charge in [-0.3, -0.25) is 33.6 Å². The molecule has 0 aliphatic carbocycles. The number of nitrogens with zero attached hydrogens (tertiary/aromatic N) is 2. The molecule has 11 nitrogen and oxygen atoms in total. The third-order valence-corrected chi connectivity index (χ3v) is 4.77. The van der Waals surface area contributed by atoms with Crippen molar-refractivity contribution < 1.29 is 29.0 Å². The highest BCUT2D eigenvalue weighted by atomic mass is 16.5. The maximum Gasteiger partial charge on any atom is 0.330 e. The molecule has 3 heterocycles. The number of ether oxygens (including phenoxy) is 2. The molecule has 11 heteroatoms. The van der Waals surface area contributed by atoms with Gasteiger partial charge in [-0.2, -0.15) is 0 Å². The van der Waals surface area contributed by atoms with Gasteiger partial charge in [-0.1, -0.05) is 18.7 Å². The first-order chi connectivity index (χ1) is 14.1. The Kier molecular flexibility index (Phi) is 5.85. The minimum atomic E-state index is -2.18. The highest BCUT2D eigenvalue weighted by Crippen LogP contribution is 2.30. The standard InChI is InChI=1S/C19H21N3O8/c1-3-6-29-15(24)8-19(28)7-13(23)21(17(19)26)10-12-4-5-14(30-12)22-9-11(2)16(25)20-18(22)27/h3-5,9,12,14,28H,1,6-8,10H2,2H3,(H,20,25,27)/t12-,14+,19?/m0/s1. The van der Waals surface area contributed by atoms with Crippen molar-refractivity contribution in [1.82, 2.24) is 14.5 Å². The molecule has 3 atom stereocenters. The van der Waals surface area contributed by atoms with E-state index in [-0.39, 0.29) is 13.2 Å². The molecule has 1 fully saturated rings. The fraction of sp³-hybridized carbons (Fsp3) is 0.421. The van der Waals surface area contributed by atoms with Crippen LogP contribution < -0.4 is 11.2 Å². The highest BCUT2D eigenvalue weighted by molar-refractivity contribution is 6.08. The first-order valence-corrected chi connectivity index (χ1v) is 9.14. The van der Waals surface area contributed by atoms with Gasteiger partial charge in [0, 0.05) is 11.8 Å². The number of H-pyrrole nitrogens is 1. The summed E-state index contributed by atoms with van der Waals surface area (Å²) < 4.78 is 11.6. The van der Waals surface area contributed by atoms with Crippen molar-refractivity contribution in [1.29, 1.82) is 0 Å². The lowest BCUT2D eigenvalue weighted by Crippen LogP contribution is -2.44. The van der Waals surface area contributed by atoms with Crippen LogP contribution in [0.2, 0.25) is 0 Å². The molecular weight excluding hydrogens is 398 g/mol. The Balaban J connectivity index is 1.66. The molecule has 1 aromatic heterocycles. The van der Waals surface area contributed by atoms with Crippen LogP contribution >= 0.6 is 0 Å². The number of aryl methyl sites for hydroxylation is 1. The Labute approximate surface area is 170 Å². The van der Waals surface area contributed by atoms with Gasteiger partial charge in [0.2, 0.25) is 5.91 Å². The number of likely N-dealkylation sites (tertiary alicyclic amines) is 1. The van der Waals surface area contributed by atoms with E-state index in [1.54, 1.807) is 12.2 Å². The molecule has 1 saturated heterocycles. The fourth-order valence-electron chi connectivity index (χ4n) is 3.26. The average Bonchev–Trinajstić information content (AvgIpc) is 3.22. The van der Waals surface area contributed by atoms with Gasteiger partial charge >= 0.3 is 11.7 Å². The zero-order valence-corrected chi connectivity index (χ0v) is 16.2. The molecular formula is C19H21N3O8. The number of carbonyl (C=O) groups excluding carboxylic acids is 3. The molecule has 160 valence electrons. The lowest BCUT2D eigenvalue weighted by molar-refractivity contribution is -0.157. The second-order valence-electron chi connectivity index (χ2n) is 7.09. The number of imide groups is 1. The molecule has 1 aromatic rings. The molecule has 0 saturated carbocycles. The fourth-order valence-corrected chi connectivity index (χ4v) is 3.26. The van der Waals surface area contributed by atoms with Crippen molar-refractivity contribution in [3.05, 3.63) is 57.4 Å². The van der Waals surface area contributed by atoms with Crippen LogP contribution in [0.1, 0.15) is 24.6 Å².